The zero-order chi connectivity index (χ0) is 17.8. The number of thioether (sulfide) groups is 1. The number of nitrogens with two attached hydrogens (primary N) is 1. The van der Waals surface area contributed by atoms with E-state index in [1.807, 2.05) is 25.1 Å². The topological polar surface area (TPSA) is 85.8 Å². The van der Waals surface area contributed by atoms with Crippen molar-refractivity contribution in [1.82, 2.24) is 14.9 Å². The Bertz CT molecular complexity index is 757. The first-order valence-corrected chi connectivity index (χ1v) is 10.2. The smallest absolute Gasteiger partial charge is 0.234 e. The van der Waals surface area contributed by atoms with Crippen molar-refractivity contribution in [3.63, 3.8) is 0 Å². The molecule has 0 radical (unpaired) electrons. The molecule has 25 heavy (non-hydrogen) atoms. The second-order valence-corrected chi connectivity index (χ2v) is 8.20. The van der Waals surface area contributed by atoms with Gasteiger partial charge in [-0.15, -0.1) is 10.2 Å². The van der Waals surface area contributed by atoms with Crippen LogP contribution < -0.4 is 11.2 Å². The molecule has 1 aromatic heterocycles. The van der Waals surface area contributed by atoms with E-state index >= 15 is 0 Å². The Labute approximate surface area is 160 Å². The summed E-state index contributed by atoms with van der Waals surface area (Å²) in [5.74, 6) is 7.54. The number of nitrogens with zero attached hydrogens (tertiary/aromatic N) is 3. The van der Waals surface area contributed by atoms with E-state index in [0.717, 1.165) is 34.4 Å². The first-order chi connectivity index (χ1) is 12.0. The van der Waals surface area contributed by atoms with Gasteiger partial charge in [0, 0.05) is 16.1 Å². The van der Waals surface area contributed by atoms with Crippen LogP contribution in [-0.2, 0) is 4.79 Å². The number of carbonyl (C=O) groups is 1. The number of aromatic nitrogens is 3. The fourth-order valence-corrected chi connectivity index (χ4v) is 4.25. The van der Waals surface area contributed by atoms with Crippen LogP contribution in [0.1, 0.15) is 49.4 Å². The Morgan fingerprint density at radius 1 is 1.36 bits per heavy atom. The van der Waals surface area contributed by atoms with Crippen molar-refractivity contribution < 1.29 is 4.79 Å². The van der Waals surface area contributed by atoms with Gasteiger partial charge in [-0.2, -0.15) is 0 Å². The first-order valence-electron chi connectivity index (χ1n) is 8.44. The third kappa shape index (κ3) is 4.55. The number of carbonyl (C=O) groups excluding carboxylic acids is 1. The van der Waals surface area contributed by atoms with Crippen molar-refractivity contribution in [2.45, 2.75) is 50.1 Å². The molecule has 0 unspecified atom stereocenters. The summed E-state index contributed by atoms with van der Waals surface area (Å²) < 4.78 is 2.54. The molecule has 2 aromatic rings. The predicted molar refractivity (Wildman–Crippen MR) is 104 cm³/mol. The van der Waals surface area contributed by atoms with Gasteiger partial charge in [-0.3, -0.25) is 4.79 Å². The molecule has 1 amide bonds. The van der Waals surface area contributed by atoms with E-state index in [1.54, 1.807) is 4.68 Å². The zero-order valence-corrected chi connectivity index (χ0v) is 16.6. The number of hydrogen-bond donors (Lipinski definition) is 2. The van der Waals surface area contributed by atoms with Crippen molar-refractivity contribution in [3.8, 4) is 0 Å². The molecule has 1 heterocycles. The highest BCUT2D eigenvalue weighted by atomic mass is 79.9. The Morgan fingerprint density at radius 3 is 2.84 bits per heavy atom. The third-order valence-corrected chi connectivity index (χ3v) is 5.89. The Hall–Kier alpha value is -1.54. The van der Waals surface area contributed by atoms with Gasteiger partial charge in [0.05, 0.1) is 5.75 Å². The average molecular weight is 424 g/mol. The highest BCUT2D eigenvalue weighted by molar-refractivity contribution is 9.10. The third-order valence-electron chi connectivity index (χ3n) is 4.46. The van der Waals surface area contributed by atoms with Crippen LogP contribution in [0.4, 0.5) is 5.69 Å². The summed E-state index contributed by atoms with van der Waals surface area (Å²) in [5, 5.41) is 11.9. The van der Waals surface area contributed by atoms with Gasteiger partial charge in [0.25, 0.3) is 0 Å². The van der Waals surface area contributed by atoms with Gasteiger partial charge in [0.2, 0.25) is 11.1 Å². The van der Waals surface area contributed by atoms with Gasteiger partial charge in [-0.1, -0.05) is 47.0 Å². The number of halogens is 1. The standard InChI is InChI=1S/C17H22BrN5OS/c1-11-9-13(18)7-8-14(11)20-15(24)10-25-17-22-21-16(23(17)19)12-5-3-2-4-6-12/h7-9,12H,2-6,10,19H2,1H3,(H,20,24). The molecule has 0 spiro atoms. The maximum absolute atomic E-state index is 12.2. The first kappa shape index (κ1) is 18.3. The minimum absolute atomic E-state index is 0.0855. The molecule has 0 bridgehead atoms. The van der Waals surface area contributed by atoms with E-state index in [9.17, 15) is 4.79 Å². The van der Waals surface area contributed by atoms with E-state index in [-0.39, 0.29) is 11.7 Å². The lowest BCUT2D eigenvalue weighted by Crippen LogP contribution is -2.20. The van der Waals surface area contributed by atoms with E-state index < -0.39 is 0 Å². The molecular weight excluding hydrogens is 402 g/mol. The molecule has 0 saturated heterocycles. The van der Waals surface area contributed by atoms with Gasteiger partial charge in [0.1, 0.15) is 0 Å². The van der Waals surface area contributed by atoms with Gasteiger partial charge in [-0.25, -0.2) is 4.68 Å². The minimum atomic E-state index is -0.0855. The molecule has 3 N–H and O–H groups in total. The number of nitrogen functional groups attached to an aromatic ring is 1. The van der Waals surface area contributed by atoms with Crippen molar-refractivity contribution in [2.75, 3.05) is 16.9 Å². The van der Waals surface area contributed by atoms with Crippen molar-refractivity contribution in [3.05, 3.63) is 34.1 Å². The number of benzene rings is 1. The number of aryl methyl sites for hydroxylation is 1. The van der Waals surface area contributed by atoms with Crippen LogP contribution in [0.2, 0.25) is 0 Å². The van der Waals surface area contributed by atoms with E-state index in [2.05, 4.69) is 31.4 Å². The molecule has 3 rings (SSSR count). The summed E-state index contributed by atoms with van der Waals surface area (Å²) in [7, 11) is 0. The van der Waals surface area contributed by atoms with Crippen molar-refractivity contribution in [1.29, 1.82) is 0 Å². The van der Waals surface area contributed by atoms with E-state index in [0.29, 0.717) is 11.1 Å². The molecule has 1 aromatic carbocycles. The number of amides is 1. The van der Waals surface area contributed by atoms with Gasteiger partial charge in [0.15, 0.2) is 5.82 Å². The maximum Gasteiger partial charge on any atom is 0.234 e. The van der Waals surface area contributed by atoms with Crippen LogP contribution in [0.15, 0.2) is 27.8 Å². The number of hydrogen-bond acceptors (Lipinski definition) is 5. The second kappa shape index (κ2) is 8.23. The number of rotatable bonds is 5. The van der Waals surface area contributed by atoms with Crippen molar-refractivity contribution >= 4 is 39.3 Å². The lowest BCUT2D eigenvalue weighted by atomic mass is 9.89. The van der Waals surface area contributed by atoms with Crippen LogP contribution in [0.3, 0.4) is 0 Å². The summed E-state index contributed by atoms with van der Waals surface area (Å²) in [4.78, 5) is 12.2. The molecular formula is C17H22BrN5OS. The molecule has 1 aliphatic carbocycles. The Morgan fingerprint density at radius 2 is 2.12 bits per heavy atom. The second-order valence-electron chi connectivity index (χ2n) is 6.34. The summed E-state index contributed by atoms with van der Waals surface area (Å²) in [5.41, 5.74) is 1.82. The lowest BCUT2D eigenvalue weighted by Gasteiger charge is -2.20. The molecule has 1 fully saturated rings. The normalized spacial score (nSPS) is 15.3. The summed E-state index contributed by atoms with van der Waals surface area (Å²) >= 11 is 4.73. The van der Waals surface area contributed by atoms with Gasteiger partial charge in [-0.05, 0) is 43.5 Å². The zero-order valence-electron chi connectivity index (χ0n) is 14.2. The highest BCUT2D eigenvalue weighted by Gasteiger charge is 2.22. The molecule has 8 heteroatoms. The molecule has 1 saturated carbocycles. The molecule has 0 aliphatic heterocycles. The summed E-state index contributed by atoms with van der Waals surface area (Å²) in [6.07, 6.45) is 5.95. The lowest BCUT2D eigenvalue weighted by molar-refractivity contribution is -0.113. The summed E-state index contributed by atoms with van der Waals surface area (Å²) in [6.45, 7) is 1.96. The monoisotopic (exact) mass is 423 g/mol. The van der Waals surface area contributed by atoms with E-state index in [4.69, 9.17) is 5.84 Å². The highest BCUT2D eigenvalue weighted by Crippen LogP contribution is 2.32. The van der Waals surface area contributed by atoms with E-state index in [1.165, 1.54) is 31.0 Å². The fourth-order valence-electron chi connectivity index (χ4n) is 3.11. The Kier molecular flexibility index (Phi) is 6.01. The van der Waals surface area contributed by atoms with Crippen LogP contribution in [0.25, 0.3) is 0 Å². The number of anilines is 1. The maximum atomic E-state index is 12.2. The quantitative estimate of drug-likeness (QED) is 0.563. The van der Waals surface area contributed by atoms with Crippen molar-refractivity contribution in [2.24, 2.45) is 0 Å². The molecule has 6 nitrogen and oxygen atoms in total. The van der Waals surface area contributed by atoms with Crippen LogP contribution in [0.5, 0.6) is 0 Å². The molecule has 0 atom stereocenters. The van der Waals surface area contributed by atoms with Gasteiger partial charge >= 0.3 is 0 Å². The SMILES string of the molecule is Cc1cc(Br)ccc1NC(=O)CSc1nnc(C2CCCCC2)n1N. The van der Waals surface area contributed by atoms with Crippen LogP contribution in [0, 0.1) is 6.92 Å². The minimum Gasteiger partial charge on any atom is -0.336 e. The Balaban J connectivity index is 1.58. The molecule has 134 valence electrons. The van der Waals surface area contributed by atoms with Crippen LogP contribution in [-0.4, -0.2) is 26.5 Å². The average Bonchev–Trinajstić information content (AvgIpc) is 2.97. The van der Waals surface area contributed by atoms with Gasteiger partial charge < -0.3 is 11.2 Å². The number of nitrogens with one attached hydrogen (secondary N) is 1. The largest absolute Gasteiger partial charge is 0.336 e. The van der Waals surface area contributed by atoms with Crippen LogP contribution >= 0.6 is 27.7 Å². The predicted octanol–water partition coefficient (Wildman–Crippen LogP) is 3.84. The molecule has 1 aliphatic rings. The summed E-state index contributed by atoms with van der Waals surface area (Å²) in [6, 6.07) is 5.76. The fraction of sp³-hybridized carbons (Fsp3) is 0.471.